The highest BCUT2D eigenvalue weighted by Crippen LogP contribution is 2.28. The Morgan fingerprint density at radius 1 is 1.21 bits per heavy atom. The number of likely N-dealkylation sites (tertiary alicyclic amines) is 1. The molecule has 0 atom stereocenters. The lowest BCUT2D eigenvalue weighted by Crippen LogP contribution is -2.39. The number of ether oxygens (including phenoxy) is 1. The minimum absolute atomic E-state index is 0.0907. The van der Waals surface area contributed by atoms with Crippen molar-refractivity contribution in [1.29, 1.82) is 0 Å². The fraction of sp³-hybridized carbons (Fsp3) is 0.500. The van der Waals surface area contributed by atoms with Crippen molar-refractivity contribution in [3.05, 3.63) is 47.0 Å². The average Bonchev–Trinajstić information content (AvgIpc) is 3.17. The molecule has 0 unspecified atom stereocenters. The van der Waals surface area contributed by atoms with Crippen LogP contribution in [0.3, 0.4) is 0 Å². The van der Waals surface area contributed by atoms with Crippen LogP contribution < -0.4 is 5.32 Å². The second kappa shape index (κ2) is 8.10. The zero-order chi connectivity index (χ0) is 19.5. The van der Waals surface area contributed by atoms with Crippen LogP contribution in [-0.2, 0) is 29.0 Å². The van der Waals surface area contributed by atoms with Gasteiger partial charge in [0.15, 0.2) is 0 Å². The van der Waals surface area contributed by atoms with Crippen molar-refractivity contribution < 1.29 is 14.3 Å². The van der Waals surface area contributed by atoms with Crippen molar-refractivity contribution in [3.8, 4) is 0 Å². The number of aromatic nitrogens is 3. The zero-order valence-electron chi connectivity index (χ0n) is 16.1. The molecule has 4 rings (SSSR count). The van der Waals surface area contributed by atoms with Crippen molar-refractivity contribution in [2.75, 3.05) is 26.7 Å². The van der Waals surface area contributed by atoms with Crippen molar-refractivity contribution >= 4 is 11.9 Å². The molecule has 1 saturated heterocycles. The molecule has 0 bridgehead atoms. The maximum atomic E-state index is 12.7. The van der Waals surface area contributed by atoms with Crippen molar-refractivity contribution in [2.45, 2.75) is 38.3 Å². The molecule has 28 heavy (non-hydrogen) atoms. The molecular weight excluding hydrogens is 358 g/mol. The lowest BCUT2D eigenvalue weighted by molar-refractivity contribution is -0.131. The minimum atomic E-state index is -0.387. The van der Waals surface area contributed by atoms with E-state index in [1.165, 1.54) is 7.11 Å². The number of benzene rings is 1. The molecule has 0 saturated carbocycles. The molecule has 8 nitrogen and oxygen atoms in total. The molecular formula is C20H25N5O3. The summed E-state index contributed by atoms with van der Waals surface area (Å²) >= 11 is 0. The summed E-state index contributed by atoms with van der Waals surface area (Å²) in [5.74, 6) is 2.13. The topological polar surface area (TPSA) is 89.4 Å². The highest BCUT2D eigenvalue weighted by atomic mass is 16.5. The molecule has 8 heteroatoms. The first-order valence-corrected chi connectivity index (χ1v) is 9.73. The van der Waals surface area contributed by atoms with Gasteiger partial charge in [-0.25, -0.2) is 4.79 Å². The predicted molar refractivity (Wildman–Crippen MR) is 102 cm³/mol. The van der Waals surface area contributed by atoms with Crippen LogP contribution in [-0.4, -0.2) is 58.3 Å². The van der Waals surface area contributed by atoms with Gasteiger partial charge in [-0.05, 0) is 30.5 Å². The van der Waals surface area contributed by atoms with Crippen molar-refractivity contribution in [1.82, 2.24) is 25.0 Å². The van der Waals surface area contributed by atoms with Crippen LogP contribution in [0.5, 0.6) is 0 Å². The Morgan fingerprint density at radius 3 is 2.82 bits per heavy atom. The second-order valence-corrected chi connectivity index (χ2v) is 7.33. The van der Waals surface area contributed by atoms with Crippen LogP contribution in [0.1, 0.15) is 46.3 Å². The molecule has 0 aliphatic carbocycles. The second-order valence-electron chi connectivity index (χ2n) is 7.33. The van der Waals surface area contributed by atoms with Gasteiger partial charge in [-0.2, -0.15) is 0 Å². The maximum absolute atomic E-state index is 12.7. The van der Waals surface area contributed by atoms with Crippen LogP contribution >= 0.6 is 0 Å². The molecule has 148 valence electrons. The number of hydrogen-bond donors (Lipinski definition) is 1. The van der Waals surface area contributed by atoms with Gasteiger partial charge in [-0.15, -0.1) is 10.2 Å². The number of amides is 1. The number of fused-ring (bicyclic) bond motifs is 1. The standard InChI is InChI=1S/C20H25N5O3/c1-28-20(27)16-4-2-3-14(11-16)12-18(26)24-8-5-15(6-9-24)19-23-22-17-13-21-7-10-25(17)19/h2-4,11,15,21H,5-10,12-13H2,1H3. The number of methoxy groups -OCH3 is 1. The van der Waals surface area contributed by atoms with E-state index in [9.17, 15) is 9.59 Å². The summed E-state index contributed by atoms with van der Waals surface area (Å²) in [7, 11) is 1.35. The Balaban J connectivity index is 1.35. The molecule has 2 aliphatic rings. The number of nitrogens with one attached hydrogen (secondary N) is 1. The first-order chi connectivity index (χ1) is 13.7. The van der Waals surface area contributed by atoms with Crippen molar-refractivity contribution in [3.63, 3.8) is 0 Å². The van der Waals surface area contributed by atoms with Gasteiger partial charge in [0.25, 0.3) is 0 Å². The Bertz CT molecular complexity index is 870. The number of carbonyl (C=O) groups excluding carboxylic acids is 2. The molecule has 3 heterocycles. The quantitative estimate of drug-likeness (QED) is 0.796. The summed E-state index contributed by atoms with van der Waals surface area (Å²) in [6, 6.07) is 7.07. The normalized spacial score (nSPS) is 17.2. The Labute approximate surface area is 163 Å². The molecule has 1 amide bonds. The first kappa shape index (κ1) is 18.6. The van der Waals surface area contributed by atoms with Crippen LogP contribution in [0.2, 0.25) is 0 Å². The van der Waals surface area contributed by atoms with E-state index in [2.05, 4.69) is 20.1 Å². The number of carbonyl (C=O) groups is 2. The molecule has 2 aromatic rings. The Morgan fingerprint density at radius 2 is 2.04 bits per heavy atom. The Hall–Kier alpha value is -2.74. The maximum Gasteiger partial charge on any atom is 0.337 e. The molecule has 1 N–H and O–H groups in total. The highest BCUT2D eigenvalue weighted by Gasteiger charge is 2.28. The molecule has 1 aromatic heterocycles. The molecule has 2 aliphatic heterocycles. The minimum Gasteiger partial charge on any atom is -0.465 e. The SMILES string of the molecule is COC(=O)c1cccc(CC(=O)N2CCC(c3nnc4n3CCNC4)CC2)c1. The summed E-state index contributed by atoms with van der Waals surface area (Å²) in [5, 5.41) is 12.0. The number of piperidine rings is 1. The summed E-state index contributed by atoms with van der Waals surface area (Å²) in [6.07, 6.45) is 2.10. The van der Waals surface area contributed by atoms with E-state index in [4.69, 9.17) is 4.74 Å². The van der Waals surface area contributed by atoms with Gasteiger partial charge in [0, 0.05) is 32.1 Å². The fourth-order valence-corrected chi connectivity index (χ4v) is 4.02. The van der Waals surface area contributed by atoms with Gasteiger partial charge in [-0.1, -0.05) is 12.1 Å². The number of hydrogen-bond acceptors (Lipinski definition) is 6. The lowest BCUT2D eigenvalue weighted by atomic mass is 9.95. The average molecular weight is 383 g/mol. The predicted octanol–water partition coefficient (Wildman–Crippen LogP) is 1.12. The molecule has 1 fully saturated rings. The number of esters is 1. The van der Waals surface area contributed by atoms with Gasteiger partial charge in [0.05, 0.1) is 25.6 Å². The molecule has 1 aromatic carbocycles. The van der Waals surface area contributed by atoms with Crippen LogP contribution in [0.4, 0.5) is 0 Å². The van der Waals surface area contributed by atoms with E-state index >= 15 is 0 Å². The van der Waals surface area contributed by atoms with E-state index < -0.39 is 0 Å². The van der Waals surface area contributed by atoms with Gasteiger partial charge in [0.1, 0.15) is 11.6 Å². The summed E-state index contributed by atoms with van der Waals surface area (Å²) in [6.45, 7) is 4.07. The summed E-state index contributed by atoms with van der Waals surface area (Å²) in [5.41, 5.74) is 1.30. The van der Waals surface area contributed by atoms with E-state index in [1.807, 2.05) is 11.0 Å². The van der Waals surface area contributed by atoms with E-state index in [-0.39, 0.29) is 11.9 Å². The first-order valence-electron chi connectivity index (χ1n) is 9.73. The molecule has 0 spiro atoms. The van der Waals surface area contributed by atoms with Crippen LogP contribution in [0, 0.1) is 0 Å². The highest BCUT2D eigenvalue weighted by molar-refractivity contribution is 5.90. The Kier molecular flexibility index (Phi) is 5.38. The van der Waals surface area contributed by atoms with E-state index in [1.54, 1.807) is 18.2 Å². The van der Waals surface area contributed by atoms with Crippen LogP contribution in [0.15, 0.2) is 24.3 Å². The fourth-order valence-electron chi connectivity index (χ4n) is 4.02. The van der Waals surface area contributed by atoms with Gasteiger partial charge in [-0.3, -0.25) is 4.79 Å². The van der Waals surface area contributed by atoms with E-state index in [0.29, 0.717) is 17.9 Å². The third kappa shape index (κ3) is 3.77. The third-order valence-corrected chi connectivity index (χ3v) is 5.57. The summed E-state index contributed by atoms with van der Waals surface area (Å²) in [4.78, 5) is 26.3. The van der Waals surface area contributed by atoms with Gasteiger partial charge < -0.3 is 19.5 Å². The van der Waals surface area contributed by atoms with Gasteiger partial charge >= 0.3 is 5.97 Å². The van der Waals surface area contributed by atoms with Crippen LogP contribution in [0.25, 0.3) is 0 Å². The summed E-state index contributed by atoms with van der Waals surface area (Å²) < 4.78 is 6.98. The van der Waals surface area contributed by atoms with Crippen molar-refractivity contribution in [2.24, 2.45) is 0 Å². The largest absolute Gasteiger partial charge is 0.465 e. The zero-order valence-corrected chi connectivity index (χ0v) is 16.1. The smallest absolute Gasteiger partial charge is 0.337 e. The lowest BCUT2D eigenvalue weighted by Gasteiger charge is -2.32. The van der Waals surface area contributed by atoms with Gasteiger partial charge in [0.2, 0.25) is 5.91 Å². The monoisotopic (exact) mass is 383 g/mol. The van der Waals surface area contributed by atoms with E-state index in [0.717, 1.165) is 62.8 Å². The number of nitrogens with zero attached hydrogens (tertiary/aromatic N) is 4. The number of rotatable bonds is 4. The third-order valence-electron chi connectivity index (χ3n) is 5.57. The molecule has 0 radical (unpaired) electrons.